The van der Waals surface area contributed by atoms with Crippen LogP contribution in [0.2, 0.25) is 0 Å². The molecule has 0 saturated carbocycles. The molecule has 0 radical (unpaired) electrons. The van der Waals surface area contributed by atoms with Gasteiger partial charge in [0, 0.05) is 11.8 Å². The van der Waals surface area contributed by atoms with E-state index in [1.165, 1.54) is 31.3 Å². The van der Waals surface area contributed by atoms with Crippen LogP contribution < -0.4 is 0 Å². The van der Waals surface area contributed by atoms with Crippen molar-refractivity contribution in [3.63, 3.8) is 0 Å². The van der Waals surface area contributed by atoms with E-state index >= 15 is 0 Å². The minimum atomic E-state index is -4.62. The molecule has 29 heavy (non-hydrogen) atoms. The Morgan fingerprint density at radius 1 is 1.10 bits per heavy atom. The maximum atomic E-state index is 13.3. The van der Waals surface area contributed by atoms with Gasteiger partial charge in [0.2, 0.25) is 0 Å². The van der Waals surface area contributed by atoms with Crippen molar-refractivity contribution in [2.24, 2.45) is 0 Å². The van der Waals surface area contributed by atoms with Gasteiger partial charge < -0.3 is 14.4 Å². The zero-order valence-electron chi connectivity index (χ0n) is 17.6. The molecule has 2 aromatic rings. The third-order valence-corrected chi connectivity index (χ3v) is 3.62. The molecule has 1 aromatic heterocycles. The molecule has 0 bridgehead atoms. The molecule has 2 rings (SSSR count). The first kappa shape index (κ1) is 26.2. The standard InChI is InChI=1S/C17H16F3NO4.2C2H6/c1-3-25-16(24)12-8-21(9-14(22)23)15(10(12)2)11-6-4-5-7-13(11)17(18,19)20;2*1-2/h4-8H,3,9H2,1-2H3,(H,22,23);2*1-2H3. The number of nitrogens with zero attached hydrogens (tertiary/aromatic N) is 1. The molecule has 0 saturated heterocycles. The van der Waals surface area contributed by atoms with Crippen LogP contribution in [0.25, 0.3) is 11.3 Å². The zero-order chi connectivity index (χ0) is 22.8. The van der Waals surface area contributed by atoms with Crippen molar-refractivity contribution < 1.29 is 32.6 Å². The second kappa shape index (κ2) is 11.9. The van der Waals surface area contributed by atoms with Gasteiger partial charge in [0.1, 0.15) is 6.54 Å². The number of hydrogen-bond acceptors (Lipinski definition) is 3. The van der Waals surface area contributed by atoms with Crippen molar-refractivity contribution in [2.45, 2.75) is 54.3 Å². The van der Waals surface area contributed by atoms with E-state index < -0.39 is 30.2 Å². The predicted molar refractivity (Wildman–Crippen MR) is 106 cm³/mol. The van der Waals surface area contributed by atoms with Crippen molar-refractivity contribution in [3.05, 3.63) is 47.2 Å². The number of benzene rings is 1. The lowest BCUT2D eigenvalue weighted by Gasteiger charge is -2.15. The predicted octanol–water partition coefficient (Wildman–Crippen LogP) is 5.80. The van der Waals surface area contributed by atoms with Crippen LogP contribution >= 0.6 is 0 Å². The van der Waals surface area contributed by atoms with E-state index in [1.54, 1.807) is 6.92 Å². The van der Waals surface area contributed by atoms with Crippen molar-refractivity contribution in [1.82, 2.24) is 4.57 Å². The van der Waals surface area contributed by atoms with Gasteiger partial charge in [-0.25, -0.2) is 4.79 Å². The molecule has 0 spiro atoms. The van der Waals surface area contributed by atoms with Crippen LogP contribution in [-0.4, -0.2) is 28.2 Å². The van der Waals surface area contributed by atoms with Gasteiger partial charge in [0.15, 0.2) is 0 Å². The second-order valence-corrected chi connectivity index (χ2v) is 5.30. The Bertz CT molecular complexity index is 811. The maximum Gasteiger partial charge on any atom is 0.417 e. The molecule has 8 heteroatoms. The molecule has 0 fully saturated rings. The minimum absolute atomic E-state index is 0.0263. The van der Waals surface area contributed by atoms with Crippen LogP contribution in [-0.2, 0) is 22.3 Å². The number of esters is 1. The largest absolute Gasteiger partial charge is 0.480 e. The molecule has 1 N–H and O–H groups in total. The number of carboxylic acids is 1. The summed E-state index contributed by atoms with van der Waals surface area (Å²) in [5.74, 6) is -1.95. The third-order valence-electron chi connectivity index (χ3n) is 3.62. The molecule has 5 nitrogen and oxygen atoms in total. The van der Waals surface area contributed by atoms with Gasteiger partial charge >= 0.3 is 18.1 Å². The summed E-state index contributed by atoms with van der Waals surface area (Å²) in [6.07, 6.45) is -3.41. The van der Waals surface area contributed by atoms with E-state index in [4.69, 9.17) is 9.84 Å². The summed E-state index contributed by atoms with van der Waals surface area (Å²) in [6, 6.07) is 4.83. The van der Waals surface area contributed by atoms with Gasteiger partial charge in [0.25, 0.3) is 0 Å². The molecule has 0 atom stereocenters. The molecular weight excluding hydrogens is 387 g/mol. The topological polar surface area (TPSA) is 68.5 Å². The first-order valence-corrected chi connectivity index (χ1v) is 9.42. The fourth-order valence-electron chi connectivity index (χ4n) is 2.64. The number of ether oxygens (including phenoxy) is 1. The number of carboxylic acid groups (broad SMARTS) is 1. The lowest BCUT2D eigenvalue weighted by molar-refractivity contribution is -0.138. The van der Waals surface area contributed by atoms with Crippen molar-refractivity contribution in [3.8, 4) is 11.3 Å². The molecule has 1 heterocycles. The summed E-state index contributed by atoms with van der Waals surface area (Å²) < 4.78 is 46.0. The average molecular weight is 415 g/mol. The van der Waals surface area contributed by atoms with E-state index in [-0.39, 0.29) is 29.0 Å². The Hall–Kier alpha value is -2.77. The Labute approximate surface area is 169 Å². The van der Waals surface area contributed by atoms with E-state index in [1.807, 2.05) is 27.7 Å². The number of aliphatic carboxylic acids is 1. The van der Waals surface area contributed by atoms with Crippen LogP contribution in [0.4, 0.5) is 13.2 Å². The maximum absolute atomic E-state index is 13.3. The van der Waals surface area contributed by atoms with Crippen molar-refractivity contribution in [1.29, 1.82) is 0 Å². The van der Waals surface area contributed by atoms with E-state index in [2.05, 4.69) is 0 Å². The lowest BCUT2D eigenvalue weighted by Crippen LogP contribution is -2.12. The van der Waals surface area contributed by atoms with Gasteiger partial charge in [-0.2, -0.15) is 13.2 Å². The molecule has 0 aliphatic heterocycles. The molecule has 0 amide bonds. The zero-order valence-corrected chi connectivity index (χ0v) is 17.6. The quantitative estimate of drug-likeness (QED) is 0.627. The molecule has 1 aromatic carbocycles. The van der Waals surface area contributed by atoms with Crippen LogP contribution in [0.1, 0.15) is 56.1 Å². The van der Waals surface area contributed by atoms with Gasteiger partial charge in [-0.1, -0.05) is 45.9 Å². The number of hydrogen-bond donors (Lipinski definition) is 1. The van der Waals surface area contributed by atoms with Gasteiger partial charge in [0.05, 0.1) is 23.4 Å². The average Bonchev–Trinajstić information content (AvgIpc) is 3.00. The number of halogens is 3. The second-order valence-electron chi connectivity index (χ2n) is 5.30. The Kier molecular flexibility index (Phi) is 10.8. The summed E-state index contributed by atoms with van der Waals surface area (Å²) in [5, 5.41) is 9.05. The van der Waals surface area contributed by atoms with Gasteiger partial charge in [-0.3, -0.25) is 4.79 Å². The number of alkyl halides is 3. The minimum Gasteiger partial charge on any atom is -0.480 e. The Morgan fingerprint density at radius 2 is 1.66 bits per heavy atom. The Morgan fingerprint density at radius 3 is 2.14 bits per heavy atom. The molecule has 162 valence electrons. The van der Waals surface area contributed by atoms with Crippen LogP contribution in [0, 0.1) is 6.92 Å². The summed E-state index contributed by atoms with van der Waals surface area (Å²) in [7, 11) is 0. The number of carbonyl (C=O) groups excluding carboxylic acids is 1. The first-order valence-electron chi connectivity index (χ1n) is 9.42. The van der Waals surface area contributed by atoms with Crippen molar-refractivity contribution in [2.75, 3.05) is 6.61 Å². The van der Waals surface area contributed by atoms with E-state index in [0.717, 1.165) is 10.6 Å². The van der Waals surface area contributed by atoms with Crippen LogP contribution in [0.15, 0.2) is 30.5 Å². The Balaban J connectivity index is 0.00000184. The molecule has 0 unspecified atom stereocenters. The highest BCUT2D eigenvalue weighted by Crippen LogP contribution is 2.39. The van der Waals surface area contributed by atoms with E-state index in [0.29, 0.717) is 0 Å². The fraction of sp³-hybridized carbons (Fsp3) is 0.429. The van der Waals surface area contributed by atoms with Crippen LogP contribution in [0.5, 0.6) is 0 Å². The van der Waals surface area contributed by atoms with Crippen LogP contribution in [0.3, 0.4) is 0 Å². The summed E-state index contributed by atoms with van der Waals surface area (Å²) in [5.41, 5.74) is -0.799. The number of carbonyl (C=O) groups is 2. The summed E-state index contributed by atoms with van der Waals surface area (Å²) in [4.78, 5) is 23.1. The lowest BCUT2D eigenvalue weighted by atomic mass is 10.00. The number of rotatable bonds is 5. The molecule has 0 aliphatic carbocycles. The van der Waals surface area contributed by atoms with Crippen molar-refractivity contribution >= 4 is 11.9 Å². The van der Waals surface area contributed by atoms with Gasteiger partial charge in [-0.15, -0.1) is 0 Å². The first-order chi connectivity index (χ1) is 13.7. The summed E-state index contributed by atoms with van der Waals surface area (Å²) >= 11 is 0. The normalized spacial score (nSPS) is 10.2. The molecular formula is C21H28F3NO4. The smallest absolute Gasteiger partial charge is 0.417 e. The highest BCUT2D eigenvalue weighted by molar-refractivity contribution is 5.94. The number of aromatic nitrogens is 1. The third kappa shape index (κ3) is 6.66. The fourth-order valence-corrected chi connectivity index (χ4v) is 2.64. The summed E-state index contributed by atoms with van der Waals surface area (Å²) in [6.45, 7) is 10.6. The van der Waals surface area contributed by atoms with E-state index in [9.17, 15) is 22.8 Å². The highest BCUT2D eigenvalue weighted by Gasteiger charge is 2.35. The van der Waals surface area contributed by atoms with Gasteiger partial charge in [-0.05, 0) is 25.5 Å². The highest BCUT2D eigenvalue weighted by atomic mass is 19.4. The monoisotopic (exact) mass is 415 g/mol. The molecule has 0 aliphatic rings. The SMILES string of the molecule is CC.CC.CCOC(=O)c1cn(CC(=O)O)c(-c2ccccc2C(F)(F)F)c1C.